The Kier molecular flexibility index (Phi) is 7.76. The Morgan fingerprint density at radius 2 is 1.69 bits per heavy atom. The van der Waals surface area contributed by atoms with Gasteiger partial charge in [-0.1, -0.05) is 35.6 Å². The molecule has 5 rings (SSSR count). The first kappa shape index (κ1) is 26.2. The highest BCUT2D eigenvalue weighted by molar-refractivity contribution is 8.00. The average Bonchev–Trinajstić information content (AvgIpc) is 3.33. The summed E-state index contributed by atoms with van der Waals surface area (Å²) in [5.74, 6) is -0.710. The van der Waals surface area contributed by atoms with Gasteiger partial charge in [0, 0.05) is 21.5 Å². The third-order valence-corrected chi connectivity index (χ3v) is 7.72. The molecule has 3 N–H and O–H groups in total. The summed E-state index contributed by atoms with van der Waals surface area (Å²) in [6.45, 7) is 2.50. The molecule has 0 aliphatic heterocycles. The lowest BCUT2D eigenvalue weighted by atomic mass is 9.98. The molecule has 0 aliphatic carbocycles. The molecule has 0 saturated carbocycles. The molecule has 0 fully saturated rings. The summed E-state index contributed by atoms with van der Waals surface area (Å²) in [7, 11) is 0. The predicted octanol–water partition coefficient (Wildman–Crippen LogP) is 6.53. The molecule has 0 bridgehead atoms. The van der Waals surface area contributed by atoms with E-state index in [0.29, 0.717) is 28.2 Å². The zero-order valence-corrected chi connectivity index (χ0v) is 22.4. The Labute approximate surface area is 232 Å². The van der Waals surface area contributed by atoms with E-state index in [0.717, 1.165) is 20.9 Å². The maximum Gasteiger partial charge on any atom is 0.336 e. The zero-order chi connectivity index (χ0) is 27.4. The molecule has 0 aliphatic rings. The van der Waals surface area contributed by atoms with Crippen LogP contribution in [-0.4, -0.2) is 40.2 Å². The van der Waals surface area contributed by atoms with Crippen molar-refractivity contribution >= 4 is 72.7 Å². The van der Waals surface area contributed by atoms with Crippen LogP contribution >= 0.6 is 23.1 Å². The van der Waals surface area contributed by atoms with Crippen molar-refractivity contribution < 1.29 is 24.2 Å². The molecule has 8 nitrogen and oxygen atoms in total. The summed E-state index contributed by atoms with van der Waals surface area (Å²) < 4.78 is 6.45. The number of thioether (sulfide) groups is 1. The highest BCUT2D eigenvalue weighted by Gasteiger charge is 2.17. The number of hydrogen-bond acceptors (Lipinski definition) is 7. The van der Waals surface area contributed by atoms with Crippen LogP contribution in [0.25, 0.3) is 21.0 Å². The van der Waals surface area contributed by atoms with Gasteiger partial charge < -0.3 is 20.5 Å². The van der Waals surface area contributed by atoms with Crippen LogP contribution in [-0.2, 0) is 4.79 Å². The Morgan fingerprint density at radius 3 is 2.41 bits per heavy atom. The fourth-order valence-electron chi connectivity index (χ4n) is 4.06. The minimum Gasteiger partial charge on any atom is -0.494 e. The van der Waals surface area contributed by atoms with E-state index in [1.54, 1.807) is 42.5 Å². The number of amides is 2. The normalized spacial score (nSPS) is 10.9. The highest BCUT2D eigenvalue weighted by Crippen LogP contribution is 2.30. The van der Waals surface area contributed by atoms with E-state index in [1.165, 1.54) is 29.2 Å². The third-order valence-electron chi connectivity index (χ3n) is 5.78. The smallest absolute Gasteiger partial charge is 0.336 e. The van der Waals surface area contributed by atoms with Crippen molar-refractivity contribution in [2.24, 2.45) is 0 Å². The van der Waals surface area contributed by atoms with Gasteiger partial charge >= 0.3 is 5.97 Å². The highest BCUT2D eigenvalue weighted by atomic mass is 32.2. The number of aromatic nitrogens is 1. The summed E-state index contributed by atoms with van der Waals surface area (Å²) in [5.41, 5.74) is 1.71. The number of carbonyl (C=O) groups is 3. The van der Waals surface area contributed by atoms with Crippen LogP contribution in [0.1, 0.15) is 27.6 Å². The van der Waals surface area contributed by atoms with Gasteiger partial charge in [0.05, 0.1) is 28.1 Å². The number of nitrogens with zero attached hydrogens (tertiary/aromatic N) is 1. The number of benzene rings is 4. The summed E-state index contributed by atoms with van der Waals surface area (Å²) in [4.78, 5) is 42.5. The van der Waals surface area contributed by atoms with Crippen LogP contribution in [0.2, 0.25) is 0 Å². The Balaban J connectivity index is 1.20. The number of thiazole rings is 1. The van der Waals surface area contributed by atoms with E-state index in [2.05, 4.69) is 15.6 Å². The maximum absolute atomic E-state index is 13.0. The van der Waals surface area contributed by atoms with Crippen molar-refractivity contribution in [3.05, 3.63) is 90.0 Å². The average molecular weight is 558 g/mol. The number of carbonyl (C=O) groups excluding carboxylic acids is 2. The van der Waals surface area contributed by atoms with Gasteiger partial charge in [-0.2, -0.15) is 0 Å². The maximum atomic E-state index is 13.0. The molecule has 0 saturated heterocycles. The quantitative estimate of drug-likeness (QED) is 0.176. The summed E-state index contributed by atoms with van der Waals surface area (Å²) in [6.07, 6.45) is 0. The number of aromatic carboxylic acids is 1. The first-order valence-electron chi connectivity index (χ1n) is 12.0. The van der Waals surface area contributed by atoms with E-state index in [1.807, 2.05) is 37.3 Å². The van der Waals surface area contributed by atoms with Crippen molar-refractivity contribution in [2.45, 2.75) is 11.8 Å². The van der Waals surface area contributed by atoms with E-state index in [-0.39, 0.29) is 22.8 Å². The minimum atomic E-state index is -1.09. The van der Waals surface area contributed by atoms with Gasteiger partial charge in [0.2, 0.25) is 5.91 Å². The number of hydrogen-bond donors (Lipinski definition) is 3. The summed E-state index contributed by atoms with van der Waals surface area (Å²) in [6, 6.07) is 22.8. The van der Waals surface area contributed by atoms with Crippen molar-refractivity contribution in [2.75, 3.05) is 23.0 Å². The van der Waals surface area contributed by atoms with E-state index < -0.39 is 11.9 Å². The minimum absolute atomic E-state index is 0.0735. The molecule has 196 valence electrons. The van der Waals surface area contributed by atoms with Crippen LogP contribution in [0.3, 0.4) is 0 Å². The van der Waals surface area contributed by atoms with E-state index in [9.17, 15) is 19.5 Å². The lowest BCUT2D eigenvalue weighted by Gasteiger charge is -2.11. The van der Waals surface area contributed by atoms with Crippen molar-refractivity contribution in [1.82, 2.24) is 4.98 Å². The number of fused-ring (bicyclic) bond motifs is 2. The zero-order valence-electron chi connectivity index (χ0n) is 20.8. The lowest BCUT2D eigenvalue weighted by molar-refractivity contribution is -0.113. The second-order valence-corrected chi connectivity index (χ2v) is 10.5. The second kappa shape index (κ2) is 11.5. The van der Waals surface area contributed by atoms with Crippen LogP contribution in [0.5, 0.6) is 5.75 Å². The van der Waals surface area contributed by atoms with Crippen LogP contribution in [0.15, 0.2) is 83.8 Å². The van der Waals surface area contributed by atoms with Crippen molar-refractivity contribution in [1.29, 1.82) is 0 Å². The van der Waals surface area contributed by atoms with Crippen LogP contribution in [0, 0.1) is 0 Å². The first-order chi connectivity index (χ1) is 18.9. The molecule has 1 heterocycles. The monoisotopic (exact) mass is 557 g/mol. The molecule has 0 radical (unpaired) electrons. The van der Waals surface area contributed by atoms with Crippen molar-refractivity contribution in [3.8, 4) is 5.75 Å². The standard InChI is InChI=1S/C29H23N3O5S2/c1-2-37-19-11-14-23-24(15-19)39-29(31-23)32-25(33)16-38-20-12-9-18(10-13-20)30-27(34)21-7-3-5-17-6-4-8-22(26(17)21)28(35)36/h3-15H,2,16H2,1H3,(H,30,34)(H,35,36)(H,31,32,33). The molecule has 0 atom stereocenters. The SMILES string of the molecule is CCOc1ccc2nc(NC(=O)CSc3ccc(NC(=O)c4cccc5cccc(C(=O)O)c45)cc3)sc2c1. The molecular formula is C29H23N3O5S2. The second-order valence-electron chi connectivity index (χ2n) is 8.41. The molecule has 39 heavy (non-hydrogen) atoms. The molecule has 10 heteroatoms. The van der Waals surface area contributed by atoms with E-state index >= 15 is 0 Å². The molecule has 4 aromatic carbocycles. The molecule has 1 aromatic heterocycles. The Morgan fingerprint density at radius 1 is 0.949 bits per heavy atom. The van der Waals surface area contributed by atoms with Gasteiger partial charge in [0.1, 0.15) is 5.75 Å². The fourth-order valence-corrected chi connectivity index (χ4v) is 5.67. The number of carboxylic acid groups (broad SMARTS) is 1. The molecule has 0 unspecified atom stereocenters. The van der Waals surface area contributed by atoms with E-state index in [4.69, 9.17) is 4.74 Å². The van der Waals surface area contributed by atoms with Gasteiger partial charge in [0.15, 0.2) is 5.13 Å². The lowest BCUT2D eigenvalue weighted by Crippen LogP contribution is -2.14. The number of anilines is 2. The molecule has 2 amide bonds. The molecule has 0 spiro atoms. The summed E-state index contributed by atoms with van der Waals surface area (Å²) in [5, 5.41) is 16.8. The largest absolute Gasteiger partial charge is 0.494 e. The predicted molar refractivity (Wildman–Crippen MR) is 155 cm³/mol. The summed E-state index contributed by atoms with van der Waals surface area (Å²) >= 11 is 2.75. The Bertz CT molecular complexity index is 1690. The topological polar surface area (TPSA) is 118 Å². The number of rotatable bonds is 9. The van der Waals surface area contributed by atoms with Gasteiger partial charge in [-0.3, -0.25) is 9.59 Å². The van der Waals surface area contributed by atoms with Crippen molar-refractivity contribution in [3.63, 3.8) is 0 Å². The van der Waals surface area contributed by atoms with Gasteiger partial charge in [-0.05, 0) is 66.9 Å². The number of carboxylic acids is 1. The van der Waals surface area contributed by atoms with Crippen LogP contribution in [0.4, 0.5) is 10.8 Å². The molecular weight excluding hydrogens is 534 g/mol. The van der Waals surface area contributed by atoms with Gasteiger partial charge in [0.25, 0.3) is 5.91 Å². The fraction of sp³-hybridized carbons (Fsp3) is 0.103. The Hall–Kier alpha value is -4.41. The third kappa shape index (κ3) is 6.02. The molecule has 5 aromatic rings. The van der Waals surface area contributed by atoms with Gasteiger partial charge in [-0.25, -0.2) is 9.78 Å². The van der Waals surface area contributed by atoms with Gasteiger partial charge in [-0.15, -0.1) is 11.8 Å². The number of nitrogens with one attached hydrogen (secondary N) is 2. The first-order valence-corrected chi connectivity index (χ1v) is 13.8. The van der Waals surface area contributed by atoms with Crippen LogP contribution < -0.4 is 15.4 Å². The number of ether oxygens (including phenoxy) is 1.